The fourth-order valence-corrected chi connectivity index (χ4v) is 1.85. The maximum atomic E-state index is 11.7. The quantitative estimate of drug-likeness (QED) is 0.751. The van der Waals surface area contributed by atoms with Crippen molar-refractivity contribution in [3.63, 3.8) is 0 Å². The number of ether oxygens (including phenoxy) is 1. The van der Waals surface area contributed by atoms with Gasteiger partial charge in [0, 0.05) is 20.1 Å². The third-order valence-electron chi connectivity index (χ3n) is 2.70. The predicted molar refractivity (Wildman–Crippen MR) is 66.3 cm³/mol. The summed E-state index contributed by atoms with van der Waals surface area (Å²) in [6.45, 7) is 2.74. The van der Waals surface area contributed by atoms with Crippen molar-refractivity contribution in [3.8, 4) is 0 Å². The van der Waals surface area contributed by atoms with Gasteiger partial charge in [0.2, 0.25) is 11.8 Å². The van der Waals surface area contributed by atoms with Crippen LogP contribution in [0.15, 0.2) is 6.20 Å². The smallest absolute Gasteiger partial charge is 0.241 e. The molecule has 0 bridgehead atoms. The molecule has 1 aromatic heterocycles. The van der Waals surface area contributed by atoms with Gasteiger partial charge in [-0.05, 0) is 12.8 Å². The Morgan fingerprint density at radius 2 is 2.42 bits per heavy atom. The Balaban J connectivity index is 1.74. The summed E-state index contributed by atoms with van der Waals surface area (Å²) in [5.41, 5.74) is 0. The molecular formula is C11H17N5O3. The molecular weight excluding hydrogens is 250 g/mol. The lowest BCUT2D eigenvalue weighted by atomic mass is 10.2. The fraction of sp³-hybridized carbons (Fsp3) is 0.636. The van der Waals surface area contributed by atoms with Gasteiger partial charge in [0.1, 0.15) is 6.54 Å². The number of nitrogens with one attached hydrogen (secondary N) is 2. The first kappa shape index (κ1) is 13.5. The number of hydrogen-bond acceptors (Lipinski definition) is 5. The molecule has 1 aromatic rings. The molecule has 1 unspecified atom stereocenters. The highest BCUT2D eigenvalue weighted by Gasteiger charge is 2.16. The van der Waals surface area contributed by atoms with E-state index >= 15 is 0 Å². The van der Waals surface area contributed by atoms with E-state index < -0.39 is 0 Å². The summed E-state index contributed by atoms with van der Waals surface area (Å²) in [5, 5.41) is 12.7. The summed E-state index contributed by atoms with van der Waals surface area (Å²) in [6.07, 6.45) is 3.65. The Labute approximate surface area is 110 Å². The average molecular weight is 267 g/mol. The van der Waals surface area contributed by atoms with Gasteiger partial charge in [0.25, 0.3) is 0 Å². The molecule has 0 spiro atoms. The summed E-state index contributed by atoms with van der Waals surface area (Å²) in [6, 6.07) is 0. The van der Waals surface area contributed by atoms with E-state index in [0.717, 1.165) is 19.4 Å². The Morgan fingerprint density at radius 1 is 1.58 bits per heavy atom. The van der Waals surface area contributed by atoms with Crippen molar-refractivity contribution in [1.29, 1.82) is 0 Å². The largest absolute Gasteiger partial charge is 0.376 e. The van der Waals surface area contributed by atoms with Crippen LogP contribution >= 0.6 is 0 Å². The van der Waals surface area contributed by atoms with Gasteiger partial charge in [0.05, 0.1) is 12.3 Å². The van der Waals surface area contributed by atoms with Crippen LogP contribution in [-0.2, 0) is 20.9 Å². The molecule has 0 aliphatic carbocycles. The maximum Gasteiger partial charge on any atom is 0.241 e. The second kappa shape index (κ2) is 6.28. The van der Waals surface area contributed by atoms with Crippen molar-refractivity contribution < 1.29 is 14.3 Å². The SMILES string of the molecule is CC(=O)Nc1cn(CC(=O)NCC2CCCO2)nn1. The van der Waals surface area contributed by atoms with Crippen LogP contribution in [0.1, 0.15) is 19.8 Å². The second-order valence-corrected chi connectivity index (χ2v) is 4.42. The van der Waals surface area contributed by atoms with Gasteiger partial charge in [-0.2, -0.15) is 0 Å². The zero-order chi connectivity index (χ0) is 13.7. The minimum atomic E-state index is -0.227. The van der Waals surface area contributed by atoms with Gasteiger partial charge in [-0.15, -0.1) is 5.10 Å². The highest BCUT2D eigenvalue weighted by atomic mass is 16.5. The number of carbonyl (C=O) groups is 2. The van der Waals surface area contributed by atoms with Crippen molar-refractivity contribution in [2.24, 2.45) is 0 Å². The third-order valence-corrected chi connectivity index (χ3v) is 2.70. The normalized spacial score (nSPS) is 18.3. The summed E-state index contributed by atoms with van der Waals surface area (Å²) in [7, 11) is 0. The van der Waals surface area contributed by atoms with Gasteiger partial charge in [0.15, 0.2) is 5.82 Å². The van der Waals surface area contributed by atoms with Gasteiger partial charge < -0.3 is 15.4 Å². The number of rotatable bonds is 5. The van der Waals surface area contributed by atoms with Crippen molar-refractivity contribution >= 4 is 17.6 Å². The van der Waals surface area contributed by atoms with E-state index in [9.17, 15) is 9.59 Å². The number of amides is 2. The molecule has 104 valence electrons. The molecule has 0 saturated carbocycles. The monoisotopic (exact) mass is 267 g/mol. The fourth-order valence-electron chi connectivity index (χ4n) is 1.85. The second-order valence-electron chi connectivity index (χ2n) is 4.42. The Morgan fingerprint density at radius 3 is 3.11 bits per heavy atom. The Bertz CT molecular complexity index is 453. The van der Waals surface area contributed by atoms with E-state index in [1.54, 1.807) is 0 Å². The summed E-state index contributed by atoms with van der Waals surface area (Å²) in [4.78, 5) is 22.5. The maximum absolute atomic E-state index is 11.7. The first-order valence-corrected chi connectivity index (χ1v) is 6.19. The van der Waals surface area contributed by atoms with Crippen LogP contribution in [0.2, 0.25) is 0 Å². The van der Waals surface area contributed by atoms with Crippen molar-refractivity contribution in [1.82, 2.24) is 20.3 Å². The van der Waals surface area contributed by atoms with Gasteiger partial charge >= 0.3 is 0 Å². The van der Waals surface area contributed by atoms with Crippen LogP contribution in [0.4, 0.5) is 5.82 Å². The number of carbonyl (C=O) groups excluding carboxylic acids is 2. The van der Waals surface area contributed by atoms with Crippen LogP contribution in [-0.4, -0.2) is 46.1 Å². The topological polar surface area (TPSA) is 98.1 Å². The number of aromatic nitrogens is 3. The molecule has 0 radical (unpaired) electrons. The molecule has 2 heterocycles. The molecule has 1 saturated heterocycles. The standard InChI is InChI=1S/C11H17N5O3/c1-8(17)13-10-6-16(15-14-10)7-11(18)12-5-9-3-2-4-19-9/h6,9H,2-5,7H2,1H3,(H,12,18)(H,13,17). The van der Waals surface area contributed by atoms with E-state index in [1.807, 2.05) is 0 Å². The summed E-state index contributed by atoms with van der Waals surface area (Å²) >= 11 is 0. The van der Waals surface area contributed by atoms with E-state index in [4.69, 9.17) is 4.74 Å². The zero-order valence-corrected chi connectivity index (χ0v) is 10.8. The molecule has 1 atom stereocenters. The first-order chi connectivity index (χ1) is 9.13. The minimum absolute atomic E-state index is 0.0688. The van der Waals surface area contributed by atoms with Gasteiger partial charge in [-0.3, -0.25) is 9.59 Å². The Kier molecular flexibility index (Phi) is 4.45. The zero-order valence-electron chi connectivity index (χ0n) is 10.8. The van der Waals surface area contributed by atoms with Crippen molar-refractivity contribution in [2.45, 2.75) is 32.4 Å². The third kappa shape index (κ3) is 4.32. The van der Waals surface area contributed by atoms with Crippen LogP contribution in [0.25, 0.3) is 0 Å². The molecule has 8 heteroatoms. The summed E-state index contributed by atoms with van der Waals surface area (Å²) in [5.74, 6) is -0.0518. The molecule has 2 amide bonds. The molecule has 2 N–H and O–H groups in total. The molecule has 1 fully saturated rings. The molecule has 8 nitrogen and oxygen atoms in total. The van der Waals surface area contributed by atoms with Crippen LogP contribution in [0, 0.1) is 0 Å². The number of hydrogen-bond donors (Lipinski definition) is 2. The Hall–Kier alpha value is -1.96. The molecule has 0 aromatic carbocycles. The van der Waals surface area contributed by atoms with E-state index in [-0.39, 0.29) is 24.5 Å². The molecule has 2 rings (SSSR count). The molecule has 1 aliphatic heterocycles. The number of anilines is 1. The van der Waals surface area contributed by atoms with E-state index in [2.05, 4.69) is 20.9 Å². The average Bonchev–Trinajstić information content (AvgIpc) is 2.97. The van der Waals surface area contributed by atoms with Crippen LogP contribution in [0.5, 0.6) is 0 Å². The summed E-state index contributed by atoms with van der Waals surface area (Å²) < 4.78 is 6.78. The van der Waals surface area contributed by atoms with Gasteiger partial charge in [-0.25, -0.2) is 4.68 Å². The van der Waals surface area contributed by atoms with E-state index in [1.165, 1.54) is 17.8 Å². The lowest BCUT2D eigenvalue weighted by Gasteiger charge is -2.10. The van der Waals surface area contributed by atoms with E-state index in [0.29, 0.717) is 12.4 Å². The minimum Gasteiger partial charge on any atom is -0.376 e. The number of nitrogens with zero attached hydrogens (tertiary/aromatic N) is 3. The van der Waals surface area contributed by atoms with Gasteiger partial charge in [-0.1, -0.05) is 5.21 Å². The molecule has 1 aliphatic rings. The van der Waals surface area contributed by atoms with Crippen molar-refractivity contribution in [2.75, 3.05) is 18.5 Å². The highest BCUT2D eigenvalue weighted by Crippen LogP contribution is 2.10. The first-order valence-electron chi connectivity index (χ1n) is 6.19. The predicted octanol–water partition coefficient (Wildman–Crippen LogP) is -0.468. The molecule has 19 heavy (non-hydrogen) atoms. The lowest BCUT2D eigenvalue weighted by molar-refractivity contribution is -0.122. The van der Waals surface area contributed by atoms with Crippen LogP contribution < -0.4 is 10.6 Å². The highest BCUT2D eigenvalue weighted by molar-refractivity contribution is 5.87. The lowest BCUT2D eigenvalue weighted by Crippen LogP contribution is -2.34. The van der Waals surface area contributed by atoms with Crippen molar-refractivity contribution in [3.05, 3.63) is 6.20 Å². The van der Waals surface area contributed by atoms with Crippen LogP contribution in [0.3, 0.4) is 0 Å².